The van der Waals surface area contributed by atoms with Gasteiger partial charge in [-0.3, -0.25) is 4.79 Å². The highest BCUT2D eigenvalue weighted by molar-refractivity contribution is 5.93. The Balaban J connectivity index is 1.85. The Morgan fingerprint density at radius 3 is 2.91 bits per heavy atom. The maximum atomic E-state index is 12.6. The monoisotopic (exact) mass is 332 g/mol. The number of alkyl halides is 3. The van der Waals surface area contributed by atoms with E-state index in [1.165, 1.54) is 19.1 Å². The molecule has 0 radical (unpaired) electrons. The fraction of sp³-hybridized carbons (Fsp3) is 0.600. The Kier molecular flexibility index (Phi) is 5.95. The molecule has 2 heterocycles. The molecule has 8 heteroatoms. The van der Waals surface area contributed by atoms with E-state index in [1.54, 1.807) is 0 Å². The molecule has 1 saturated heterocycles. The first kappa shape index (κ1) is 17.7. The van der Waals surface area contributed by atoms with Gasteiger partial charge in [-0.2, -0.15) is 13.2 Å². The van der Waals surface area contributed by atoms with Crippen molar-refractivity contribution >= 4 is 11.7 Å². The first-order chi connectivity index (χ1) is 10.9. The standard InChI is InChI=1S/C15H19F3N2O3/c1-10(23-9-11-5-2-3-8-22-11)14(21)20-13-7-4-6-12(19-13)15(16,17)18/h4,6-7,10-11H,2-3,5,8-9H2,1H3,(H,19,20,21)/t10-,11+/m0/s1. The minimum Gasteiger partial charge on any atom is -0.376 e. The lowest BCUT2D eigenvalue weighted by Gasteiger charge is -2.23. The number of carbonyl (C=O) groups is 1. The van der Waals surface area contributed by atoms with Gasteiger partial charge in [-0.05, 0) is 38.3 Å². The summed E-state index contributed by atoms with van der Waals surface area (Å²) in [6, 6.07) is 3.33. The van der Waals surface area contributed by atoms with E-state index in [4.69, 9.17) is 9.47 Å². The molecule has 2 atom stereocenters. The number of aromatic nitrogens is 1. The predicted molar refractivity (Wildman–Crippen MR) is 76.9 cm³/mol. The van der Waals surface area contributed by atoms with Crippen molar-refractivity contribution in [2.24, 2.45) is 0 Å². The number of nitrogens with one attached hydrogen (secondary N) is 1. The molecule has 1 aliphatic heterocycles. The zero-order valence-electron chi connectivity index (χ0n) is 12.7. The Labute approximate surface area is 132 Å². The van der Waals surface area contributed by atoms with Crippen LogP contribution >= 0.6 is 0 Å². The van der Waals surface area contributed by atoms with E-state index in [9.17, 15) is 18.0 Å². The van der Waals surface area contributed by atoms with Crippen molar-refractivity contribution in [3.05, 3.63) is 23.9 Å². The van der Waals surface area contributed by atoms with E-state index in [1.807, 2.05) is 0 Å². The minimum absolute atomic E-state index is 0.0364. The largest absolute Gasteiger partial charge is 0.433 e. The van der Waals surface area contributed by atoms with Crippen LogP contribution in [0.4, 0.5) is 19.0 Å². The molecular formula is C15H19F3N2O3. The lowest BCUT2D eigenvalue weighted by Crippen LogP contribution is -2.33. The summed E-state index contributed by atoms with van der Waals surface area (Å²) in [5, 5.41) is 2.33. The van der Waals surface area contributed by atoms with Gasteiger partial charge in [0.15, 0.2) is 0 Å². The van der Waals surface area contributed by atoms with Crippen LogP contribution in [0.15, 0.2) is 18.2 Å². The summed E-state index contributed by atoms with van der Waals surface area (Å²) < 4.78 is 48.6. The van der Waals surface area contributed by atoms with Gasteiger partial charge in [0.2, 0.25) is 0 Å². The number of anilines is 1. The molecule has 1 aliphatic rings. The van der Waals surface area contributed by atoms with E-state index < -0.39 is 23.9 Å². The summed E-state index contributed by atoms with van der Waals surface area (Å²) in [6.07, 6.45) is -2.44. The van der Waals surface area contributed by atoms with Crippen LogP contribution in [0.3, 0.4) is 0 Å². The van der Waals surface area contributed by atoms with Crippen LogP contribution in [0.2, 0.25) is 0 Å². The molecule has 1 aromatic heterocycles. The van der Waals surface area contributed by atoms with Crippen molar-refractivity contribution < 1.29 is 27.4 Å². The van der Waals surface area contributed by atoms with Gasteiger partial charge in [-0.25, -0.2) is 4.98 Å². The zero-order valence-corrected chi connectivity index (χ0v) is 12.7. The first-order valence-electron chi connectivity index (χ1n) is 7.44. The Morgan fingerprint density at radius 1 is 1.48 bits per heavy atom. The maximum Gasteiger partial charge on any atom is 0.433 e. The van der Waals surface area contributed by atoms with Gasteiger partial charge in [-0.1, -0.05) is 6.07 Å². The molecule has 0 aromatic carbocycles. The highest BCUT2D eigenvalue weighted by Gasteiger charge is 2.32. The van der Waals surface area contributed by atoms with Gasteiger partial charge >= 0.3 is 6.18 Å². The number of hydrogen-bond donors (Lipinski definition) is 1. The first-order valence-corrected chi connectivity index (χ1v) is 7.44. The normalized spacial score (nSPS) is 20.1. The molecule has 0 spiro atoms. The van der Waals surface area contributed by atoms with Crippen LogP contribution in [-0.2, 0) is 20.4 Å². The molecule has 1 fully saturated rings. The number of halogens is 3. The van der Waals surface area contributed by atoms with E-state index in [0.29, 0.717) is 6.61 Å². The number of hydrogen-bond acceptors (Lipinski definition) is 4. The second-order valence-electron chi connectivity index (χ2n) is 5.36. The van der Waals surface area contributed by atoms with Gasteiger partial charge in [0, 0.05) is 6.61 Å². The van der Waals surface area contributed by atoms with E-state index in [0.717, 1.165) is 25.3 Å². The number of pyridine rings is 1. The molecule has 1 aromatic rings. The summed E-state index contributed by atoms with van der Waals surface area (Å²) in [7, 11) is 0. The molecule has 0 saturated carbocycles. The third kappa shape index (κ3) is 5.47. The van der Waals surface area contributed by atoms with Gasteiger partial charge < -0.3 is 14.8 Å². The Bertz CT molecular complexity index is 531. The minimum atomic E-state index is -4.55. The molecule has 1 amide bonds. The Hall–Kier alpha value is -1.67. The van der Waals surface area contributed by atoms with Crippen LogP contribution in [0.1, 0.15) is 31.9 Å². The van der Waals surface area contributed by atoms with Gasteiger partial charge in [0.1, 0.15) is 17.6 Å². The summed E-state index contributed by atoms with van der Waals surface area (Å²) in [6.45, 7) is 2.50. The molecule has 2 rings (SSSR count). The molecular weight excluding hydrogens is 313 g/mol. The van der Waals surface area contributed by atoms with Crippen LogP contribution in [0.5, 0.6) is 0 Å². The van der Waals surface area contributed by atoms with E-state index in [2.05, 4.69) is 10.3 Å². The average Bonchev–Trinajstić information content (AvgIpc) is 2.53. The molecule has 0 aliphatic carbocycles. The van der Waals surface area contributed by atoms with Crippen LogP contribution in [0.25, 0.3) is 0 Å². The van der Waals surface area contributed by atoms with Crippen molar-refractivity contribution in [2.45, 2.75) is 44.6 Å². The topological polar surface area (TPSA) is 60.5 Å². The second kappa shape index (κ2) is 7.74. The quantitative estimate of drug-likeness (QED) is 0.900. The average molecular weight is 332 g/mol. The van der Waals surface area contributed by atoms with Crippen molar-refractivity contribution in [1.29, 1.82) is 0 Å². The predicted octanol–water partition coefficient (Wildman–Crippen LogP) is 3.01. The lowest BCUT2D eigenvalue weighted by atomic mass is 10.1. The smallest absolute Gasteiger partial charge is 0.376 e. The third-order valence-electron chi connectivity index (χ3n) is 3.47. The third-order valence-corrected chi connectivity index (χ3v) is 3.47. The molecule has 1 N–H and O–H groups in total. The molecule has 0 bridgehead atoms. The molecule has 23 heavy (non-hydrogen) atoms. The Morgan fingerprint density at radius 2 is 2.26 bits per heavy atom. The van der Waals surface area contributed by atoms with Crippen LogP contribution in [0, 0.1) is 0 Å². The lowest BCUT2D eigenvalue weighted by molar-refractivity contribution is -0.141. The molecule has 5 nitrogen and oxygen atoms in total. The van der Waals surface area contributed by atoms with Crippen molar-refractivity contribution in [3.63, 3.8) is 0 Å². The van der Waals surface area contributed by atoms with Crippen molar-refractivity contribution in [3.8, 4) is 0 Å². The van der Waals surface area contributed by atoms with E-state index >= 15 is 0 Å². The van der Waals surface area contributed by atoms with Gasteiger partial charge in [0.05, 0.1) is 12.7 Å². The van der Waals surface area contributed by atoms with Crippen LogP contribution < -0.4 is 5.32 Å². The highest BCUT2D eigenvalue weighted by Crippen LogP contribution is 2.28. The fourth-order valence-corrected chi connectivity index (χ4v) is 2.16. The number of ether oxygens (including phenoxy) is 2. The number of rotatable bonds is 5. The summed E-state index contributed by atoms with van der Waals surface area (Å²) in [5.41, 5.74) is -1.06. The second-order valence-corrected chi connectivity index (χ2v) is 5.36. The highest BCUT2D eigenvalue weighted by atomic mass is 19.4. The van der Waals surface area contributed by atoms with Gasteiger partial charge in [-0.15, -0.1) is 0 Å². The van der Waals surface area contributed by atoms with Gasteiger partial charge in [0.25, 0.3) is 5.91 Å². The summed E-state index contributed by atoms with van der Waals surface area (Å²) >= 11 is 0. The summed E-state index contributed by atoms with van der Waals surface area (Å²) in [5.74, 6) is -0.707. The maximum absolute atomic E-state index is 12.6. The number of carbonyl (C=O) groups excluding carboxylic acids is 1. The summed E-state index contributed by atoms with van der Waals surface area (Å²) in [4.78, 5) is 15.3. The molecule has 128 valence electrons. The van der Waals surface area contributed by atoms with Crippen molar-refractivity contribution in [1.82, 2.24) is 4.98 Å². The number of amides is 1. The number of nitrogens with zero attached hydrogens (tertiary/aromatic N) is 1. The van der Waals surface area contributed by atoms with Crippen LogP contribution in [-0.4, -0.2) is 36.3 Å². The fourth-order valence-electron chi connectivity index (χ4n) is 2.16. The van der Waals surface area contributed by atoms with E-state index in [-0.39, 0.29) is 18.5 Å². The zero-order chi connectivity index (χ0) is 16.9. The molecule has 0 unspecified atom stereocenters. The van der Waals surface area contributed by atoms with Crippen molar-refractivity contribution in [2.75, 3.05) is 18.5 Å². The SMILES string of the molecule is C[C@H](OC[C@H]1CCCCO1)C(=O)Nc1cccc(C(F)(F)F)n1.